The van der Waals surface area contributed by atoms with Crippen molar-refractivity contribution in [2.24, 2.45) is 0 Å². The van der Waals surface area contributed by atoms with Crippen LogP contribution in [-0.2, 0) is 4.79 Å². The Morgan fingerprint density at radius 3 is 2.72 bits per heavy atom. The molecule has 3 aromatic rings. The van der Waals surface area contributed by atoms with Gasteiger partial charge >= 0.3 is 0 Å². The normalized spacial score (nSPS) is 12.5. The Labute approximate surface area is 185 Å². The van der Waals surface area contributed by atoms with E-state index in [1.807, 2.05) is 0 Å². The van der Waals surface area contributed by atoms with Gasteiger partial charge in [-0.1, -0.05) is 6.07 Å². The van der Waals surface area contributed by atoms with E-state index in [9.17, 15) is 9.59 Å². The first-order chi connectivity index (χ1) is 15.7. The zero-order chi connectivity index (χ0) is 22.3. The molecule has 8 heteroatoms. The highest BCUT2D eigenvalue weighted by Crippen LogP contribution is 2.34. The Hall–Kier alpha value is -3.52. The molecule has 8 nitrogen and oxygen atoms in total. The van der Waals surface area contributed by atoms with Crippen LogP contribution in [0, 0.1) is 0 Å². The van der Waals surface area contributed by atoms with E-state index in [-0.39, 0.29) is 17.9 Å². The van der Waals surface area contributed by atoms with Gasteiger partial charge in [0.1, 0.15) is 30.8 Å². The lowest BCUT2D eigenvalue weighted by Gasteiger charge is -2.18. The van der Waals surface area contributed by atoms with Crippen LogP contribution >= 0.6 is 0 Å². The Kier molecular flexibility index (Phi) is 6.91. The van der Waals surface area contributed by atoms with Crippen LogP contribution in [0.15, 0.2) is 51.9 Å². The molecule has 0 radical (unpaired) electrons. The second kappa shape index (κ2) is 10.2. The van der Waals surface area contributed by atoms with Gasteiger partial charge in [-0.3, -0.25) is 9.59 Å². The molecule has 1 aliphatic rings. The highest BCUT2D eigenvalue weighted by Gasteiger charge is 2.16. The van der Waals surface area contributed by atoms with E-state index in [4.69, 9.17) is 18.6 Å². The molecule has 168 valence electrons. The van der Waals surface area contributed by atoms with Crippen molar-refractivity contribution in [3.8, 4) is 28.4 Å². The summed E-state index contributed by atoms with van der Waals surface area (Å²) < 4.78 is 22.4. The number of carbonyl (C=O) groups excluding carboxylic acids is 1. The number of carbonyl (C=O) groups is 1. The maximum Gasteiger partial charge on any atom is 0.257 e. The summed E-state index contributed by atoms with van der Waals surface area (Å²) in [6, 6.07) is 10.3. The number of fused-ring (bicyclic) bond motifs is 2. The third-order valence-electron chi connectivity index (χ3n) is 5.22. The summed E-state index contributed by atoms with van der Waals surface area (Å²) >= 11 is 0. The Morgan fingerprint density at radius 1 is 1.03 bits per heavy atom. The molecule has 0 aliphatic carbocycles. The van der Waals surface area contributed by atoms with Gasteiger partial charge in [0.2, 0.25) is 0 Å². The molecule has 0 saturated carbocycles. The van der Waals surface area contributed by atoms with Crippen molar-refractivity contribution in [2.75, 3.05) is 32.9 Å². The lowest BCUT2D eigenvalue weighted by Crippen LogP contribution is -2.50. The quantitative estimate of drug-likeness (QED) is 0.494. The van der Waals surface area contributed by atoms with E-state index in [2.05, 4.69) is 11.1 Å². The van der Waals surface area contributed by atoms with Crippen molar-refractivity contribution in [3.05, 3.63) is 52.9 Å². The first-order valence-electron chi connectivity index (χ1n) is 10.8. The summed E-state index contributed by atoms with van der Waals surface area (Å²) in [5.74, 6) is 1.54. The fourth-order valence-corrected chi connectivity index (χ4v) is 3.51. The summed E-state index contributed by atoms with van der Waals surface area (Å²) in [4.78, 5) is 25.0. The van der Waals surface area contributed by atoms with Crippen molar-refractivity contribution in [2.45, 2.75) is 19.3 Å². The fourth-order valence-electron chi connectivity index (χ4n) is 3.51. The Morgan fingerprint density at radius 2 is 1.88 bits per heavy atom. The number of amides is 1. The lowest BCUT2D eigenvalue weighted by atomic mass is 10.0. The van der Waals surface area contributed by atoms with Crippen molar-refractivity contribution < 1.29 is 29.2 Å². The maximum atomic E-state index is 13.0. The highest BCUT2D eigenvalue weighted by atomic mass is 16.6. The first kappa shape index (κ1) is 21.7. The molecular weight excluding hydrogens is 412 g/mol. The molecule has 32 heavy (non-hydrogen) atoms. The van der Waals surface area contributed by atoms with Gasteiger partial charge in [-0.2, -0.15) is 0 Å². The zero-order valence-corrected chi connectivity index (χ0v) is 17.9. The van der Waals surface area contributed by atoms with E-state index < -0.39 is 0 Å². The van der Waals surface area contributed by atoms with E-state index in [1.54, 1.807) is 36.4 Å². The minimum atomic E-state index is -0.185. The third-order valence-corrected chi connectivity index (χ3v) is 5.22. The summed E-state index contributed by atoms with van der Waals surface area (Å²) in [5.41, 5.74) is 5.16. The van der Waals surface area contributed by atoms with E-state index >= 15 is 0 Å². The minimum Gasteiger partial charge on any atom is -0.486 e. The van der Waals surface area contributed by atoms with Crippen LogP contribution in [0.5, 0.6) is 17.2 Å². The average molecular weight is 439 g/mol. The SMILES string of the molecule is [NH3+]CCCCCNC(=O)COc1ccc2c(=O)c(-c3ccc4c(c3)OCCO4)coc2c1. The highest BCUT2D eigenvalue weighted by molar-refractivity contribution is 5.83. The van der Waals surface area contributed by atoms with Gasteiger partial charge in [0, 0.05) is 12.6 Å². The summed E-state index contributed by atoms with van der Waals surface area (Å²) in [7, 11) is 0. The van der Waals surface area contributed by atoms with Crippen LogP contribution in [0.25, 0.3) is 22.1 Å². The number of nitrogens with one attached hydrogen (secondary N) is 1. The van der Waals surface area contributed by atoms with E-state index in [0.717, 1.165) is 25.8 Å². The predicted molar refractivity (Wildman–Crippen MR) is 119 cm³/mol. The van der Waals surface area contributed by atoms with Gasteiger partial charge < -0.3 is 29.7 Å². The third kappa shape index (κ3) is 5.03. The molecule has 0 spiro atoms. The van der Waals surface area contributed by atoms with Gasteiger partial charge in [0.25, 0.3) is 5.91 Å². The second-order valence-electron chi connectivity index (χ2n) is 7.55. The number of unbranched alkanes of at least 4 members (excludes halogenated alkanes) is 2. The smallest absolute Gasteiger partial charge is 0.257 e. The number of hydrogen-bond acceptors (Lipinski definition) is 6. The predicted octanol–water partition coefficient (Wildman–Crippen LogP) is 2.14. The standard InChI is InChI=1S/C24H26N2O6/c25-8-2-1-3-9-26-23(27)15-31-17-5-6-18-21(13-17)32-14-19(24(18)28)16-4-7-20-22(12-16)30-11-10-29-20/h4-7,12-14H,1-3,8-11,15,25H2,(H,26,27)/p+1. The van der Waals surface area contributed by atoms with Gasteiger partial charge in [0.05, 0.1) is 17.5 Å². The van der Waals surface area contributed by atoms with E-state index in [0.29, 0.717) is 59.1 Å². The molecule has 0 bridgehead atoms. The van der Waals surface area contributed by atoms with Gasteiger partial charge in [-0.05, 0) is 49.1 Å². The summed E-state index contributed by atoms with van der Waals surface area (Å²) in [5, 5.41) is 3.26. The Balaban J connectivity index is 1.43. The lowest BCUT2D eigenvalue weighted by molar-refractivity contribution is -0.368. The minimum absolute atomic E-state index is 0.0969. The molecule has 1 aromatic heterocycles. The number of benzene rings is 2. The number of hydrogen-bond donors (Lipinski definition) is 2. The molecule has 2 aromatic carbocycles. The van der Waals surface area contributed by atoms with Crippen LogP contribution in [0.2, 0.25) is 0 Å². The molecule has 2 heterocycles. The molecule has 1 aliphatic heterocycles. The summed E-state index contributed by atoms with van der Waals surface area (Å²) in [6.45, 7) is 2.42. The maximum absolute atomic E-state index is 13.0. The number of rotatable bonds is 9. The molecule has 1 amide bonds. The molecule has 0 saturated heterocycles. The van der Waals surface area contributed by atoms with Crippen LogP contribution in [0.3, 0.4) is 0 Å². The van der Waals surface area contributed by atoms with Gasteiger partial charge in [-0.25, -0.2) is 0 Å². The molecule has 0 fully saturated rings. The van der Waals surface area contributed by atoms with Crippen molar-refractivity contribution in [1.29, 1.82) is 0 Å². The van der Waals surface area contributed by atoms with Crippen LogP contribution in [0.4, 0.5) is 0 Å². The number of ether oxygens (including phenoxy) is 3. The van der Waals surface area contributed by atoms with Crippen molar-refractivity contribution in [3.63, 3.8) is 0 Å². The van der Waals surface area contributed by atoms with Crippen LogP contribution in [-0.4, -0.2) is 38.8 Å². The van der Waals surface area contributed by atoms with E-state index in [1.165, 1.54) is 6.26 Å². The number of quaternary nitrogens is 1. The fraction of sp³-hybridized carbons (Fsp3) is 0.333. The van der Waals surface area contributed by atoms with Crippen LogP contribution < -0.4 is 30.7 Å². The van der Waals surface area contributed by atoms with Gasteiger partial charge in [-0.15, -0.1) is 0 Å². The first-order valence-corrected chi connectivity index (χ1v) is 10.8. The Bertz CT molecular complexity index is 1160. The van der Waals surface area contributed by atoms with Crippen molar-refractivity contribution in [1.82, 2.24) is 5.32 Å². The second-order valence-corrected chi connectivity index (χ2v) is 7.55. The monoisotopic (exact) mass is 439 g/mol. The largest absolute Gasteiger partial charge is 0.486 e. The van der Waals surface area contributed by atoms with Gasteiger partial charge in [0.15, 0.2) is 23.5 Å². The van der Waals surface area contributed by atoms with Crippen molar-refractivity contribution >= 4 is 16.9 Å². The molecule has 0 atom stereocenters. The molecule has 4 rings (SSSR count). The summed E-state index contributed by atoms with van der Waals surface area (Å²) in [6.07, 6.45) is 4.46. The molecule has 0 unspecified atom stereocenters. The topological polar surface area (TPSA) is 115 Å². The van der Waals surface area contributed by atoms with Crippen LogP contribution in [0.1, 0.15) is 19.3 Å². The zero-order valence-electron chi connectivity index (χ0n) is 17.9. The molecular formula is C24H27N2O6+. The molecule has 4 N–H and O–H groups in total. The average Bonchev–Trinajstić information content (AvgIpc) is 2.82.